The van der Waals surface area contributed by atoms with Gasteiger partial charge >= 0.3 is 0 Å². The van der Waals surface area contributed by atoms with E-state index in [0.29, 0.717) is 34.9 Å². The second-order valence-corrected chi connectivity index (χ2v) is 7.26. The molecule has 2 heterocycles. The lowest BCUT2D eigenvalue weighted by molar-refractivity contribution is -0.122. The standard InChI is InChI=1S/C19H16BrFN2O4/c20-12-1-3-15(14(21)8-12)22-19(25)11-7-18(24)23(10-11)13-2-4-16-17(9-13)27-6-5-26-16/h1-4,8-9,11H,5-7,10H2,(H,22,25)/t11-/m1/s1. The molecule has 0 aromatic heterocycles. The van der Waals surface area contributed by atoms with E-state index in [0.717, 1.165) is 0 Å². The third-order valence-corrected chi connectivity index (χ3v) is 5.02. The molecule has 2 aliphatic heterocycles. The molecule has 4 rings (SSSR count). The topological polar surface area (TPSA) is 67.9 Å². The van der Waals surface area contributed by atoms with Crippen molar-refractivity contribution < 1.29 is 23.5 Å². The number of nitrogens with one attached hydrogen (secondary N) is 1. The Labute approximate surface area is 163 Å². The van der Waals surface area contributed by atoms with Crippen LogP contribution < -0.4 is 19.7 Å². The van der Waals surface area contributed by atoms with Gasteiger partial charge in [-0.2, -0.15) is 0 Å². The van der Waals surface area contributed by atoms with Crippen LogP contribution in [-0.4, -0.2) is 31.6 Å². The van der Waals surface area contributed by atoms with Crippen LogP contribution >= 0.6 is 15.9 Å². The van der Waals surface area contributed by atoms with Gasteiger partial charge in [-0.15, -0.1) is 0 Å². The molecule has 2 aliphatic rings. The maximum absolute atomic E-state index is 13.9. The monoisotopic (exact) mass is 434 g/mol. The molecule has 2 aromatic rings. The molecular weight excluding hydrogens is 419 g/mol. The lowest BCUT2D eigenvalue weighted by Crippen LogP contribution is -2.28. The number of hydrogen-bond donors (Lipinski definition) is 1. The summed E-state index contributed by atoms with van der Waals surface area (Å²) in [6.45, 7) is 1.17. The van der Waals surface area contributed by atoms with Crippen molar-refractivity contribution in [2.45, 2.75) is 6.42 Å². The average Bonchev–Trinajstić information content (AvgIpc) is 3.05. The molecule has 0 spiro atoms. The minimum Gasteiger partial charge on any atom is -0.486 e. The molecule has 1 atom stereocenters. The fourth-order valence-electron chi connectivity index (χ4n) is 3.16. The van der Waals surface area contributed by atoms with E-state index in [1.807, 2.05) is 0 Å². The van der Waals surface area contributed by atoms with Crippen molar-refractivity contribution in [3.05, 3.63) is 46.7 Å². The normalized spacial score (nSPS) is 18.5. The Morgan fingerprint density at radius 3 is 2.70 bits per heavy atom. The first-order valence-electron chi connectivity index (χ1n) is 8.47. The summed E-state index contributed by atoms with van der Waals surface area (Å²) in [6, 6.07) is 9.65. The molecule has 1 fully saturated rings. The first-order valence-corrected chi connectivity index (χ1v) is 9.26. The Bertz CT molecular complexity index is 921. The van der Waals surface area contributed by atoms with Gasteiger partial charge in [0, 0.05) is 29.2 Å². The summed E-state index contributed by atoms with van der Waals surface area (Å²) in [5.74, 6) is -0.430. The predicted molar refractivity (Wildman–Crippen MR) is 101 cm³/mol. The van der Waals surface area contributed by atoms with E-state index in [1.54, 1.807) is 29.2 Å². The van der Waals surface area contributed by atoms with Crippen molar-refractivity contribution in [1.29, 1.82) is 0 Å². The number of halogens is 2. The number of hydrogen-bond acceptors (Lipinski definition) is 4. The molecule has 0 bridgehead atoms. The first kappa shape index (κ1) is 17.8. The Morgan fingerprint density at radius 1 is 1.15 bits per heavy atom. The number of ether oxygens (including phenoxy) is 2. The second-order valence-electron chi connectivity index (χ2n) is 6.35. The molecule has 8 heteroatoms. The van der Waals surface area contributed by atoms with Gasteiger partial charge in [0.2, 0.25) is 11.8 Å². The summed E-state index contributed by atoms with van der Waals surface area (Å²) >= 11 is 3.17. The van der Waals surface area contributed by atoms with Crippen molar-refractivity contribution in [2.75, 3.05) is 30.0 Å². The van der Waals surface area contributed by atoms with Crippen molar-refractivity contribution in [3.63, 3.8) is 0 Å². The van der Waals surface area contributed by atoms with E-state index in [9.17, 15) is 14.0 Å². The zero-order valence-electron chi connectivity index (χ0n) is 14.2. The van der Waals surface area contributed by atoms with E-state index in [1.165, 1.54) is 12.1 Å². The third kappa shape index (κ3) is 3.62. The summed E-state index contributed by atoms with van der Waals surface area (Å²) in [7, 11) is 0. The summed E-state index contributed by atoms with van der Waals surface area (Å²) in [4.78, 5) is 26.5. The fraction of sp³-hybridized carbons (Fsp3) is 0.263. The molecular formula is C19H16BrFN2O4. The molecule has 0 unspecified atom stereocenters. The van der Waals surface area contributed by atoms with Gasteiger partial charge in [0.15, 0.2) is 11.5 Å². The van der Waals surface area contributed by atoms with Crippen molar-refractivity contribution >= 4 is 39.1 Å². The highest BCUT2D eigenvalue weighted by atomic mass is 79.9. The smallest absolute Gasteiger partial charge is 0.229 e. The van der Waals surface area contributed by atoms with Gasteiger partial charge in [0.25, 0.3) is 0 Å². The van der Waals surface area contributed by atoms with Gasteiger partial charge in [-0.3, -0.25) is 9.59 Å². The van der Waals surface area contributed by atoms with Crippen LogP contribution in [-0.2, 0) is 9.59 Å². The summed E-state index contributed by atoms with van der Waals surface area (Å²) in [6.07, 6.45) is 0.0679. The molecule has 0 radical (unpaired) electrons. The number of fused-ring (bicyclic) bond motifs is 1. The Hall–Kier alpha value is -2.61. The Morgan fingerprint density at radius 2 is 1.93 bits per heavy atom. The van der Waals surface area contributed by atoms with Crippen molar-refractivity contribution in [3.8, 4) is 11.5 Å². The largest absolute Gasteiger partial charge is 0.486 e. The van der Waals surface area contributed by atoms with Crippen LogP contribution in [0.4, 0.5) is 15.8 Å². The van der Waals surface area contributed by atoms with Crippen LogP contribution in [0, 0.1) is 11.7 Å². The van der Waals surface area contributed by atoms with E-state index < -0.39 is 11.7 Å². The number of benzene rings is 2. The predicted octanol–water partition coefficient (Wildman–Crippen LogP) is 3.35. The van der Waals surface area contributed by atoms with Gasteiger partial charge < -0.3 is 19.7 Å². The number of amides is 2. The molecule has 2 aromatic carbocycles. The number of carbonyl (C=O) groups excluding carboxylic acids is 2. The number of rotatable bonds is 3. The highest BCUT2D eigenvalue weighted by Crippen LogP contribution is 2.36. The number of anilines is 2. The molecule has 6 nitrogen and oxygen atoms in total. The van der Waals surface area contributed by atoms with E-state index in [-0.39, 0.29) is 30.5 Å². The molecule has 1 N–H and O–H groups in total. The maximum atomic E-state index is 13.9. The number of nitrogens with zero attached hydrogens (tertiary/aromatic N) is 1. The van der Waals surface area contributed by atoms with Crippen LogP contribution in [0.25, 0.3) is 0 Å². The van der Waals surface area contributed by atoms with Crippen LogP contribution in [0.2, 0.25) is 0 Å². The van der Waals surface area contributed by atoms with Gasteiger partial charge in [0.1, 0.15) is 19.0 Å². The molecule has 140 valence electrons. The van der Waals surface area contributed by atoms with Crippen LogP contribution in [0.3, 0.4) is 0 Å². The highest BCUT2D eigenvalue weighted by Gasteiger charge is 2.35. The SMILES string of the molecule is O=C(Nc1ccc(Br)cc1F)[C@@H]1CC(=O)N(c2ccc3c(c2)OCCO3)C1. The molecule has 1 saturated heterocycles. The van der Waals surface area contributed by atoms with Crippen molar-refractivity contribution in [2.24, 2.45) is 5.92 Å². The van der Waals surface area contributed by atoms with Gasteiger partial charge in [0.05, 0.1) is 11.6 Å². The minimum absolute atomic E-state index is 0.0679. The van der Waals surface area contributed by atoms with Crippen LogP contribution in [0.5, 0.6) is 11.5 Å². The van der Waals surface area contributed by atoms with Gasteiger partial charge in [-0.25, -0.2) is 4.39 Å². The van der Waals surface area contributed by atoms with Gasteiger partial charge in [-0.05, 0) is 30.3 Å². The molecule has 27 heavy (non-hydrogen) atoms. The molecule has 0 aliphatic carbocycles. The summed E-state index contributed by atoms with van der Waals surface area (Å²) in [5.41, 5.74) is 0.739. The van der Waals surface area contributed by atoms with Gasteiger partial charge in [-0.1, -0.05) is 15.9 Å². The number of carbonyl (C=O) groups is 2. The zero-order chi connectivity index (χ0) is 19.0. The lowest BCUT2D eigenvalue weighted by Gasteiger charge is -2.22. The quantitative estimate of drug-likeness (QED) is 0.803. The fourth-order valence-corrected chi connectivity index (χ4v) is 3.49. The van der Waals surface area contributed by atoms with E-state index in [2.05, 4.69) is 21.2 Å². The van der Waals surface area contributed by atoms with E-state index >= 15 is 0 Å². The lowest BCUT2D eigenvalue weighted by atomic mass is 10.1. The summed E-state index contributed by atoms with van der Waals surface area (Å²) in [5, 5.41) is 2.56. The Balaban J connectivity index is 1.48. The first-order chi connectivity index (χ1) is 13.0. The van der Waals surface area contributed by atoms with E-state index in [4.69, 9.17) is 9.47 Å². The minimum atomic E-state index is -0.561. The highest BCUT2D eigenvalue weighted by molar-refractivity contribution is 9.10. The third-order valence-electron chi connectivity index (χ3n) is 4.52. The van der Waals surface area contributed by atoms with Crippen molar-refractivity contribution in [1.82, 2.24) is 0 Å². The van der Waals surface area contributed by atoms with Crippen LogP contribution in [0.15, 0.2) is 40.9 Å². The second kappa shape index (κ2) is 7.19. The van der Waals surface area contributed by atoms with Crippen LogP contribution in [0.1, 0.15) is 6.42 Å². The molecule has 0 saturated carbocycles. The maximum Gasteiger partial charge on any atom is 0.229 e. The average molecular weight is 435 g/mol. The summed E-state index contributed by atoms with van der Waals surface area (Å²) < 4.78 is 25.5. The zero-order valence-corrected chi connectivity index (χ0v) is 15.8. The Kier molecular flexibility index (Phi) is 4.73. The molecule has 2 amide bonds.